The van der Waals surface area contributed by atoms with Gasteiger partial charge in [0.05, 0.1) is 4.61 Å². The molecule has 0 atom stereocenters. The molecule has 0 fully saturated rings. The van der Waals surface area contributed by atoms with Crippen molar-refractivity contribution < 1.29 is 0 Å². The lowest BCUT2D eigenvalue weighted by Crippen LogP contribution is -2.18. The van der Waals surface area contributed by atoms with Crippen LogP contribution in [0.1, 0.15) is 13.8 Å². The predicted octanol–water partition coefficient (Wildman–Crippen LogP) is 2.19. The minimum atomic E-state index is 0.975. The third-order valence-electron chi connectivity index (χ3n) is 1.11. The first-order valence-corrected chi connectivity index (χ1v) is 3.61. The third kappa shape index (κ3) is 2.36. The fourth-order valence-corrected chi connectivity index (χ4v) is 1.07. The third-order valence-corrected chi connectivity index (χ3v) is 1.61. The molecule has 0 N–H and O–H groups in total. The fraction of sp³-hybridized carbons (Fsp3) is 0.667. The molecule has 0 aromatic rings. The van der Waals surface area contributed by atoms with Gasteiger partial charge in [0.25, 0.3) is 0 Å². The Labute approximate surface area is 59.5 Å². The van der Waals surface area contributed by atoms with Gasteiger partial charge in [0, 0.05) is 13.1 Å². The quantitative estimate of drug-likeness (QED) is 0.598. The van der Waals surface area contributed by atoms with Crippen LogP contribution >= 0.6 is 15.9 Å². The van der Waals surface area contributed by atoms with Crippen LogP contribution in [0.3, 0.4) is 0 Å². The molecule has 0 aliphatic heterocycles. The van der Waals surface area contributed by atoms with Gasteiger partial charge in [-0.15, -0.1) is 0 Å². The van der Waals surface area contributed by atoms with Crippen LogP contribution in [0.25, 0.3) is 0 Å². The lowest BCUT2D eigenvalue weighted by Gasteiger charge is -2.17. The smallest absolute Gasteiger partial charge is 0.0732 e. The second-order valence-corrected chi connectivity index (χ2v) is 2.46. The van der Waals surface area contributed by atoms with Crippen molar-refractivity contribution in [1.29, 1.82) is 0 Å². The zero-order chi connectivity index (χ0) is 6.57. The second kappa shape index (κ2) is 3.96. The standard InChI is InChI=1S/C6H12BrN/c1-4-8(5-2)6(3)7/h3-5H2,1-2H3. The molecule has 1 nitrogen and oxygen atoms in total. The van der Waals surface area contributed by atoms with Crippen molar-refractivity contribution in [2.75, 3.05) is 13.1 Å². The molecular formula is C6H12BrN. The van der Waals surface area contributed by atoms with E-state index in [1.165, 1.54) is 0 Å². The second-order valence-electron chi connectivity index (χ2n) is 1.55. The van der Waals surface area contributed by atoms with Gasteiger partial charge in [-0.3, -0.25) is 0 Å². The molecular weight excluding hydrogens is 166 g/mol. The zero-order valence-corrected chi connectivity index (χ0v) is 7.03. The van der Waals surface area contributed by atoms with Crippen molar-refractivity contribution in [3.05, 3.63) is 11.2 Å². The first kappa shape index (κ1) is 8.02. The van der Waals surface area contributed by atoms with E-state index >= 15 is 0 Å². The van der Waals surface area contributed by atoms with E-state index in [-0.39, 0.29) is 0 Å². The van der Waals surface area contributed by atoms with E-state index in [0.29, 0.717) is 0 Å². The summed E-state index contributed by atoms with van der Waals surface area (Å²) < 4.78 is 0.975. The summed E-state index contributed by atoms with van der Waals surface area (Å²) in [6.45, 7) is 10.0. The van der Waals surface area contributed by atoms with E-state index in [4.69, 9.17) is 0 Å². The summed E-state index contributed by atoms with van der Waals surface area (Å²) in [5.41, 5.74) is 0. The highest BCUT2D eigenvalue weighted by Gasteiger charge is 1.94. The summed E-state index contributed by atoms with van der Waals surface area (Å²) in [5, 5.41) is 0. The Morgan fingerprint density at radius 2 is 1.88 bits per heavy atom. The molecule has 0 saturated carbocycles. The number of halogens is 1. The maximum Gasteiger partial charge on any atom is 0.0732 e. The van der Waals surface area contributed by atoms with Crippen molar-refractivity contribution in [2.45, 2.75) is 13.8 Å². The Kier molecular flexibility index (Phi) is 3.97. The molecule has 48 valence electrons. The molecule has 0 unspecified atom stereocenters. The molecule has 2 heteroatoms. The monoisotopic (exact) mass is 177 g/mol. The average Bonchev–Trinajstić information content (AvgIpc) is 1.69. The number of hydrogen-bond donors (Lipinski definition) is 0. The summed E-state index contributed by atoms with van der Waals surface area (Å²) in [7, 11) is 0. The topological polar surface area (TPSA) is 3.24 Å². The van der Waals surface area contributed by atoms with Crippen molar-refractivity contribution >= 4 is 15.9 Å². The maximum atomic E-state index is 3.74. The SMILES string of the molecule is C=C(Br)N(CC)CC. The normalized spacial score (nSPS) is 8.88. The van der Waals surface area contributed by atoms with Crippen molar-refractivity contribution in [2.24, 2.45) is 0 Å². The molecule has 0 heterocycles. The largest absolute Gasteiger partial charge is 0.367 e. The molecule has 0 aliphatic rings. The first-order valence-electron chi connectivity index (χ1n) is 2.81. The van der Waals surface area contributed by atoms with E-state index in [2.05, 4.69) is 41.3 Å². The molecule has 0 aromatic heterocycles. The van der Waals surface area contributed by atoms with Crippen LogP contribution in [-0.4, -0.2) is 18.0 Å². The van der Waals surface area contributed by atoms with Gasteiger partial charge < -0.3 is 4.90 Å². The molecule has 0 aromatic carbocycles. The van der Waals surface area contributed by atoms with Gasteiger partial charge >= 0.3 is 0 Å². The first-order chi connectivity index (χ1) is 3.72. The Hall–Kier alpha value is 0.0200. The minimum Gasteiger partial charge on any atom is -0.367 e. The number of rotatable bonds is 3. The summed E-state index contributed by atoms with van der Waals surface area (Å²) >= 11 is 3.29. The van der Waals surface area contributed by atoms with Crippen molar-refractivity contribution in [3.8, 4) is 0 Å². The van der Waals surface area contributed by atoms with Crippen LogP contribution in [-0.2, 0) is 0 Å². The van der Waals surface area contributed by atoms with Crippen LogP contribution < -0.4 is 0 Å². The predicted molar refractivity (Wildman–Crippen MR) is 41.0 cm³/mol. The Balaban J connectivity index is 3.52. The molecule has 0 spiro atoms. The van der Waals surface area contributed by atoms with Gasteiger partial charge in [-0.25, -0.2) is 0 Å². The van der Waals surface area contributed by atoms with E-state index in [1.807, 2.05) is 0 Å². The highest BCUT2D eigenvalue weighted by molar-refractivity contribution is 9.11. The summed E-state index contributed by atoms with van der Waals surface area (Å²) in [6.07, 6.45) is 0. The van der Waals surface area contributed by atoms with E-state index in [1.54, 1.807) is 0 Å². The Morgan fingerprint density at radius 3 is 1.88 bits per heavy atom. The maximum absolute atomic E-state index is 3.74. The van der Waals surface area contributed by atoms with Crippen LogP contribution in [0.5, 0.6) is 0 Å². The van der Waals surface area contributed by atoms with Gasteiger partial charge in [-0.05, 0) is 29.8 Å². The molecule has 0 radical (unpaired) electrons. The van der Waals surface area contributed by atoms with E-state index in [9.17, 15) is 0 Å². The summed E-state index contributed by atoms with van der Waals surface area (Å²) in [4.78, 5) is 2.14. The van der Waals surface area contributed by atoms with Gasteiger partial charge in [-0.1, -0.05) is 6.58 Å². The highest BCUT2D eigenvalue weighted by atomic mass is 79.9. The summed E-state index contributed by atoms with van der Waals surface area (Å²) in [5.74, 6) is 0. The van der Waals surface area contributed by atoms with Crippen molar-refractivity contribution in [3.63, 3.8) is 0 Å². The Morgan fingerprint density at radius 1 is 1.50 bits per heavy atom. The molecule has 0 rings (SSSR count). The average molecular weight is 178 g/mol. The van der Waals surface area contributed by atoms with Crippen LogP contribution in [0, 0.1) is 0 Å². The molecule has 0 aliphatic carbocycles. The highest BCUT2D eigenvalue weighted by Crippen LogP contribution is 2.06. The van der Waals surface area contributed by atoms with Gasteiger partial charge in [0.1, 0.15) is 0 Å². The van der Waals surface area contributed by atoms with Crippen LogP contribution in [0.15, 0.2) is 11.2 Å². The van der Waals surface area contributed by atoms with Gasteiger partial charge in [-0.2, -0.15) is 0 Å². The Bertz CT molecular complexity index is 76.6. The lowest BCUT2D eigenvalue weighted by atomic mass is 10.5. The molecule has 0 amide bonds. The number of nitrogens with zero attached hydrogens (tertiary/aromatic N) is 1. The van der Waals surface area contributed by atoms with Crippen molar-refractivity contribution in [1.82, 2.24) is 4.90 Å². The zero-order valence-electron chi connectivity index (χ0n) is 5.45. The van der Waals surface area contributed by atoms with E-state index < -0.39 is 0 Å². The summed E-state index contributed by atoms with van der Waals surface area (Å²) in [6, 6.07) is 0. The molecule has 0 bridgehead atoms. The van der Waals surface area contributed by atoms with Gasteiger partial charge in [0.2, 0.25) is 0 Å². The van der Waals surface area contributed by atoms with E-state index in [0.717, 1.165) is 17.7 Å². The van der Waals surface area contributed by atoms with Crippen LogP contribution in [0.2, 0.25) is 0 Å². The lowest BCUT2D eigenvalue weighted by molar-refractivity contribution is 0.412. The molecule has 8 heavy (non-hydrogen) atoms. The number of hydrogen-bond acceptors (Lipinski definition) is 1. The molecule has 0 saturated heterocycles. The fourth-order valence-electron chi connectivity index (χ4n) is 0.567. The minimum absolute atomic E-state index is 0.975. The van der Waals surface area contributed by atoms with Gasteiger partial charge in [0.15, 0.2) is 0 Å². The van der Waals surface area contributed by atoms with Crippen LogP contribution in [0.4, 0.5) is 0 Å².